The molecule has 1 aliphatic heterocycles. The number of H-pyrrole nitrogens is 1. The Morgan fingerprint density at radius 1 is 1.10 bits per heavy atom. The third-order valence-electron chi connectivity index (χ3n) is 5.63. The van der Waals surface area contributed by atoms with E-state index in [-0.39, 0.29) is 0 Å². The number of aromatic nitrogens is 7. The molecule has 1 N–H and O–H groups in total. The molecule has 0 saturated carbocycles. The molecule has 0 fully saturated rings. The lowest BCUT2D eigenvalue weighted by Gasteiger charge is -2.16. The second-order valence-corrected chi connectivity index (χ2v) is 7.70. The highest BCUT2D eigenvalue weighted by Crippen LogP contribution is 2.31. The van der Waals surface area contributed by atoms with Gasteiger partial charge in [-0.25, -0.2) is 4.68 Å². The van der Waals surface area contributed by atoms with Crippen LogP contribution in [0.3, 0.4) is 0 Å². The zero-order valence-electron chi connectivity index (χ0n) is 17.5. The second-order valence-electron chi connectivity index (χ2n) is 7.70. The van der Waals surface area contributed by atoms with Crippen LogP contribution >= 0.6 is 0 Å². The van der Waals surface area contributed by atoms with Crippen LogP contribution in [0.15, 0.2) is 18.5 Å². The molecule has 0 saturated heterocycles. The molecule has 9 heteroatoms. The first-order chi connectivity index (χ1) is 14.5. The van der Waals surface area contributed by atoms with E-state index in [2.05, 4.69) is 45.2 Å². The third kappa shape index (κ3) is 3.07. The SMILES string of the molecule is Cc1c2c(nn1C)CN(C)CCOc1c(cnn1C)-c1cc3c(n[nH]c3cn1)/C=C/2. The average Bonchev–Trinajstić information content (AvgIpc) is 3.37. The summed E-state index contributed by atoms with van der Waals surface area (Å²) < 4.78 is 9.79. The van der Waals surface area contributed by atoms with Crippen molar-refractivity contribution in [3.8, 4) is 17.1 Å². The van der Waals surface area contributed by atoms with Gasteiger partial charge in [-0.15, -0.1) is 0 Å². The van der Waals surface area contributed by atoms with Crippen molar-refractivity contribution >= 4 is 23.1 Å². The van der Waals surface area contributed by atoms with Gasteiger partial charge in [-0.05, 0) is 32.2 Å². The average molecular weight is 404 g/mol. The topological polar surface area (TPSA) is 89.7 Å². The van der Waals surface area contributed by atoms with Gasteiger partial charge in [0.2, 0.25) is 5.88 Å². The van der Waals surface area contributed by atoms with E-state index in [9.17, 15) is 0 Å². The van der Waals surface area contributed by atoms with E-state index >= 15 is 0 Å². The fourth-order valence-corrected chi connectivity index (χ4v) is 3.81. The lowest BCUT2D eigenvalue weighted by atomic mass is 10.1. The van der Waals surface area contributed by atoms with E-state index < -0.39 is 0 Å². The Kier molecular flexibility index (Phi) is 4.39. The Bertz CT molecular complexity index is 1260. The molecule has 30 heavy (non-hydrogen) atoms. The Morgan fingerprint density at radius 2 is 1.97 bits per heavy atom. The monoisotopic (exact) mass is 404 g/mol. The normalized spacial score (nSPS) is 16.0. The van der Waals surface area contributed by atoms with Crippen LogP contribution in [0.2, 0.25) is 0 Å². The van der Waals surface area contributed by atoms with Crippen molar-refractivity contribution < 1.29 is 4.74 Å². The zero-order valence-corrected chi connectivity index (χ0v) is 17.5. The summed E-state index contributed by atoms with van der Waals surface area (Å²) >= 11 is 0. The maximum absolute atomic E-state index is 6.12. The number of hydrogen-bond donors (Lipinski definition) is 1. The fourth-order valence-electron chi connectivity index (χ4n) is 3.81. The van der Waals surface area contributed by atoms with Gasteiger partial charge < -0.3 is 4.74 Å². The van der Waals surface area contributed by atoms with Gasteiger partial charge in [-0.3, -0.25) is 19.7 Å². The van der Waals surface area contributed by atoms with E-state index in [1.54, 1.807) is 17.1 Å². The van der Waals surface area contributed by atoms with Gasteiger partial charge in [-0.1, -0.05) is 0 Å². The number of rotatable bonds is 0. The van der Waals surface area contributed by atoms with Crippen molar-refractivity contribution in [1.82, 2.24) is 39.6 Å². The van der Waals surface area contributed by atoms with Crippen LogP contribution in [0.25, 0.3) is 34.3 Å². The van der Waals surface area contributed by atoms with Crippen LogP contribution in [0.1, 0.15) is 22.6 Å². The number of aryl methyl sites for hydroxylation is 2. The Balaban J connectivity index is 1.68. The van der Waals surface area contributed by atoms with Crippen molar-refractivity contribution in [2.75, 3.05) is 20.2 Å². The molecular formula is C21H24N8O. The Labute approximate surface area is 174 Å². The molecule has 9 nitrogen and oxygen atoms in total. The Hall–Kier alpha value is -3.46. The number of hydrogen-bond acceptors (Lipinski definition) is 6. The van der Waals surface area contributed by atoms with E-state index in [0.717, 1.165) is 57.9 Å². The van der Waals surface area contributed by atoms with Crippen LogP contribution in [-0.4, -0.2) is 59.8 Å². The fraction of sp³-hybridized carbons (Fsp3) is 0.333. The predicted molar refractivity (Wildman–Crippen MR) is 115 cm³/mol. The van der Waals surface area contributed by atoms with Crippen LogP contribution in [0.4, 0.5) is 0 Å². The van der Waals surface area contributed by atoms with E-state index in [0.29, 0.717) is 12.5 Å². The summed E-state index contributed by atoms with van der Waals surface area (Å²) in [5.41, 5.74) is 6.70. The summed E-state index contributed by atoms with van der Waals surface area (Å²) in [5, 5.41) is 17.7. The van der Waals surface area contributed by atoms with Crippen LogP contribution in [0, 0.1) is 6.92 Å². The lowest BCUT2D eigenvalue weighted by Crippen LogP contribution is -2.25. The number of pyridine rings is 1. The molecule has 5 heterocycles. The first-order valence-corrected chi connectivity index (χ1v) is 9.89. The number of ether oxygens (including phenoxy) is 1. The molecule has 0 radical (unpaired) electrons. The minimum Gasteiger partial charge on any atom is -0.476 e. The second kappa shape index (κ2) is 7.10. The van der Waals surface area contributed by atoms with Gasteiger partial charge in [0.25, 0.3) is 0 Å². The summed E-state index contributed by atoms with van der Waals surface area (Å²) in [4.78, 5) is 6.81. The quantitative estimate of drug-likeness (QED) is 0.484. The number of fused-ring (bicyclic) bond motifs is 4. The smallest absolute Gasteiger partial charge is 0.221 e. The van der Waals surface area contributed by atoms with Crippen LogP contribution < -0.4 is 4.74 Å². The predicted octanol–water partition coefficient (Wildman–Crippen LogP) is 2.39. The van der Waals surface area contributed by atoms with Crippen molar-refractivity contribution in [2.24, 2.45) is 14.1 Å². The summed E-state index contributed by atoms with van der Waals surface area (Å²) in [6, 6.07) is 2.03. The van der Waals surface area contributed by atoms with E-state index in [1.165, 1.54) is 0 Å². The first-order valence-electron chi connectivity index (χ1n) is 9.89. The molecule has 0 aliphatic carbocycles. The number of aromatic amines is 1. The maximum atomic E-state index is 6.12. The van der Waals surface area contributed by atoms with Crippen molar-refractivity contribution in [2.45, 2.75) is 13.5 Å². The standard InChI is InChI=1S/C21H24N8O/c1-13-14-5-6-17-15-9-18(22-11-19(15)25-24-17)16-10-23-29(4)21(16)30-8-7-27(2)12-20(14)26-28(13)3/h5-6,9-11H,7-8,12H2,1-4H3,(H,24,25)/b6-5+. The lowest BCUT2D eigenvalue weighted by molar-refractivity contribution is 0.220. The van der Waals surface area contributed by atoms with Gasteiger partial charge in [0.1, 0.15) is 6.61 Å². The highest BCUT2D eigenvalue weighted by molar-refractivity contribution is 5.91. The molecule has 0 amide bonds. The van der Waals surface area contributed by atoms with Crippen molar-refractivity contribution in [3.63, 3.8) is 0 Å². The van der Waals surface area contributed by atoms with Gasteiger partial charge in [0.15, 0.2) is 0 Å². The van der Waals surface area contributed by atoms with Gasteiger partial charge in [-0.2, -0.15) is 15.3 Å². The highest BCUT2D eigenvalue weighted by Gasteiger charge is 2.18. The zero-order chi connectivity index (χ0) is 20.8. The minimum absolute atomic E-state index is 0.541. The molecular weight excluding hydrogens is 380 g/mol. The summed E-state index contributed by atoms with van der Waals surface area (Å²) in [6.45, 7) is 4.12. The number of nitrogens with zero attached hydrogens (tertiary/aromatic N) is 7. The van der Waals surface area contributed by atoms with Crippen molar-refractivity contribution in [1.29, 1.82) is 0 Å². The summed E-state index contributed by atoms with van der Waals surface area (Å²) in [7, 11) is 5.93. The number of nitrogens with one attached hydrogen (secondary N) is 1. The molecule has 154 valence electrons. The molecule has 0 aromatic carbocycles. The van der Waals surface area contributed by atoms with Crippen LogP contribution in [-0.2, 0) is 20.6 Å². The van der Waals surface area contributed by atoms with Crippen LogP contribution in [0.5, 0.6) is 5.88 Å². The van der Waals surface area contributed by atoms with Gasteiger partial charge in [0, 0.05) is 43.8 Å². The first kappa shape index (κ1) is 18.6. The largest absolute Gasteiger partial charge is 0.476 e. The highest BCUT2D eigenvalue weighted by atomic mass is 16.5. The van der Waals surface area contributed by atoms with Crippen molar-refractivity contribution in [3.05, 3.63) is 41.1 Å². The van der Waals surface area contributed by atoms with Gasteiger partial charge >= 0.3 is 0 Å². The molecule has 5 rings (SSSR count). The van der Waals surface area contributed by atoms with Gasteiger partial charge in [0.05, 0.1) is 40.6 Å². The molecule has 0 atom stereocenters. The van der Waals surface area contributed by atoms with E-state index in [1.807, 2.05) is 30.9 Å². The molecule has 1 aliphatic rings. The third-order valence-corrected chi connectivity index (χ3v) is 5.63. The number of likely N-dealkylation sites (N-methyl/N-ethyl adjacent to an activating group) is 1. The van der Waals surface area contributed by atoms with E-state index in [4.69, 9.17) is 9.84 Å². The molecule has 0 spiro atoms. The maximum Gasteiger partial charge on any atom is 0.221 e. The molecule has 4 aromatic rings. The Morgan fingerprint density at radius 3 is 2.83 bits per heavy atom. The minimum atomic E-state index is 0.541. The molecule has 0 unspecified atom stereocenters. The summed E-state index contributed by atoms with van der Waals surface area (Å²) in [5.74, 6) is 0.708. The molecule has 4 aromatic heterocycles. The molecule has 2 bridgehead atoms. The summed E-state index contributed by atoms with van der Waals surface area (Å²) in [6.07, 6.45) is 7.74.